The number of hydrogen-bond acceptors (Lipinski definition) is 3. The molecule has 1 fully saturated rings. The Hall–Kier alpha value is -2.30. The summed E-state index contributed by atoms with van der Waals surface area (Å²) >= 11 is 0. The lowest BCUT2D eigenvalue weighted by atomic mass is 10.2. The van der Waals surface area contributed by atoms with Gasteiger partial charge in [-0.15, -0.1) is 0 Å². The third-order valence-corrected chi connectivity index (χ3v) is 3.27. The van der Waals surface area contributed by atoms with Crippen LogP contribution in [0.5, 0.6) is 0 Å². The van der Waals surface area contributed by atoms with E-state index >= 15 is 0 Å². The maximum atomic E-state index is 11.6. The van der Waals surface area contributed by atoms with Crippen LogP contribution in [-0.4, -0.2) is 22.4 Å². The van der Waals surface area contributed by atoms with E-state index in [1.807, 2.05) is 29.2 Å². The number of imidazole rings is 1. The van der Waals surface area contributed by atoms with E-state index in [-0.39, 0.29) is 5.91 Å². The summed E-state index contributed by atoms with van der Waals surface area (Å²) in [5.74, 6) is 1.12. The highest BCUT2D eigenvalue weighted by Gasteiger charge is 2.21. The molecule has 5 heteroatoms. The van der Waals surface area contributed by atoms with Crippen molar-refractivity contribution in [2.24, 2.45) is 0 Å². The number of hydrogen-bond donors (Lipinski definition) is 2. The average molecular weight is 256 g/mol. The van der Waals surface area contributed by atoms with Crippen molar-refractivity contribution in [2.45, 2.75) is 19.4 Å². The van der Waals surface area contributed by atoms with E-state index < -0.39 is 0 Å². The molecular weight excluding hydrogens is 240 g/mol. The number of aromatic nitrogens is 2. The first-order chi connectivity index (χ1) is 9.33. The molecule has 0 unspecified atom stereocenters. The van der Waals surface area contributed by atoms with Crippen LogP contribution in [0, 0.1) is 0 Å². The zero-order valence-electron chi connectivity index (χ0n) is 10.6. The van der Waals surface area contributed by atoms with Crippen molar-refractivity contribution in [3.8, 4) is 0 Å². The number of rotatable bonds is 4. The van der Waals surface area contributed by atoms with Gasteiger partial charge in [-0.25, -0.2) is 4.98 Å². The van der Waals surface area contributed by atoms with Gasteiger partial charge in [0.1, 0.15) is 5.82 Å². The van der Waals surface area contributed by atoms with E-state index in [1.165, 1.54) is 0 Å². The molecule has 0 saturated carbocycles. The van der Waals surface area contributed by atoms with Gasteiger partial charge in [-0.05, 0) is 30.7 Å². The van der Waals surface area contributed by atoms with Crippen LogP contribution in [0.15, 0.2) is 36.7 Å². The molecule has 3 rings (SSSR count). The molecule has 2 aromatic rings. The van der Waals surface area contributed by atoms with Crippen molar-refractivity contribution in [3.63, 3.8) is 0 Å². The highest BCUT2D eigenvalue weighted by Crippen LogP contribution is 2.23. The Morgan fingerprint density at radius 1 is 1.32 bits per heavy atom. The molecule has 1 aliphatic heterocycles. The third kappa shape index (κ3) is 2.59. The van der Waals surface area contributed by atoms with Crippen molar-refractivity contribution >= 4 is 17.3 Å². The van der Waals surface area contributed by atoms with Crippen LogP contribution in [0.1, 0.15) is 18.7 Å². The summed E-state index contributed by atoms with van der Waals surface area (Å²) in [6.07, 6.45) is 5.16. The monoisotopic (exact) mass is 256 g/mol. The minimum Gasteiger partial charge on any atom is -0.378 e. The maximum Gasteiger partial charge on any atom is 0.227 e. The lowest BCUT2D eigenvalue weighted by molar-refractivity contribution is -0.117. The van der Waals surface area contributed by atoms with Crippen LogP contribution < -0.4 is 10.2 Å². The van der Waals surface area contributed by atoms with Gasteiger partial charge in [0.2, 0.25) is 5.91 Å². The van der Waals surface area contributed by atoms with Gasteiger partial charge in [0.05, 0.1) is 6.54 Å². The minimum atomic E-state index is 0.219. The molecule has 0 atom stereocenters. The van der Waals surface area contributed by atoms with E-state index in [0.29, 0.717) is 13.0 Å². The number of carbonyl (C=O) groups is 1. The molecule has 5 nitrogen and oxygen atoms in total. The summed E-state index contributed by atoms with van der Waals surface area (Å²) in [6, 6.07) is 7.94. The number of nitrogens with zero attached hydrogens (tertiary/aromatic N) is 2. The van der Waals surface area contributed by atoms with Gasteiger partial charge in [0, 0.05) is 36.7 Å². The fourth-order valence-corrected chi connectivity index (χ4v) is 2.26. The summed E-state index contributed by atoms with van der Waals surface area (Å²) in [7, 11) is 0. The van der Waals surface area contributed by atoms with E-state index in [9.17, 15) is 4.79 Å². The first kappa shape index (κ1) is 11.8. The van der Waals surface area contributed by atoms with Crippen molar-refractivity contribution in [2.75, 3.05) is 16.8 Å². The minimum absolute atomic E-state index is 0.219. The predicted octanol–water partition coefficient (Wildman–Crippen LogP) is 2.15. The fraction of sp³-hybridized carbons (Fsp3) is 0.286. The van der Waals surface area contributed by atoms with Crippen molar-refractivity contribution in [1.29, 1.82) is 0 Å². The number of aromatic amines is 1. The normalized spacial score (nSPS) is 14.9. The molecule has 0 aliphatic carbocycles. The van der Waals surface area contributed by atoms with Crippen LogP contribution >= 0.6 is 0 Å². The van der Waals surface area contributed by atoms with Gasteiger partial charge < -0.3 is 15.2 Å². The van der Waals surface area contributed by atoms with Gasteiger partial charge in [-0.1, -0.05) is 0 Å². The number of carbonyl (C=O) groups excluding carboxylic acids is 1. The van der Waals surface area contributed by atoms with E-state index in [4.69, 9.17) is 0 Å². The molecule has 2 N–H and O–H groups in total. The van der Waals surface area contributed by atoms with Gasteiger partial charge in [-0.3, -0.25) is 4.79 Å². The Bertz CT molecular complexity index is 547. The van der Waals surface area contributed by atoms with Crippen LogP contribution in [0.2, 0.25) is 0 Å². The molecule has 19 heavy (non-hydrogen) atoms. The summed E-state index contributed by atoms with van der Waals surface area (Å²) < 4.78 is 0. The van der Waals surface area contributed by atoms with E-state index in [2.05, 4.69) is 15.3 Å². The van der Waals surface area contributed by atoms with Crippen LogP contribution in [0.25, 0.3) is 0 Å². The second-order valence-corrected chi connectivity index (χ2v) is 4.59. The molecule has 1 aromatic heterocycles. The number of amides is 1. The van der Waals surface area contributed by atoms with Crippen LogP contribution in [0.3, 0.4) is 0 Å². The zero-order valence-corrected chi connectivity index (χ0v) is 10.6. The van der Waals surface area contributed by atoms with Crippen LogP contribution in [-0.2, 0) is 11.3 Å². The molecule has 98 valence electrons. The van der Waals surface area contributed by atoms with E-state index in [0.717, 1.165) is 30.2 Å². The molecule has 1 amide bonds. The SMILES string of the molecule is O=C1CCCN1c1ccc(NCc2ncc[nH]2)cc1. The fourth-order valence-electron chi connectivity index (χ4n) is 2.26. The summed E-state index contributed by atoms with van der Waals surface area (Å²) in [6.45, 7) is 1.49. The Morgan fingerprint density at radius 3 is 2.79 bits per heavy atom. The smallest absolute Gasteiger partial charge is 0.227 e. The highest BCUT2D eigenvalue weighted by molar-refractivity contribution is 5.95. The largest absolute Gasteiger partial charge is 0.378 e. The van der Waals surface area contributed by atoms with E-state index in [1.54, 1.807) is 12.4 Å². The summed E-state index contributed by atoms with van der Waals surface area (Å²) in [5.41, 5.74) is 2.00. The second-order valence-electron chi connectivity index (χ2n) is 4.59. The van der Waals surface area contributed by atoms with Crippen molar-refractivity contribution in [1.82, 2.24) is 9.97 Å². The lowest BCUT2D eigenvalue weighted by Gasteiger charge is -2.16. The first-order valence-corrected chi connectivity index (χ1v) is 6.45. The average Bonchev–Trinajstić information content (AvgIpc) is 3.08. The molecule has 0 radical (unpaired) electrons. The number of benzene rings is 1. The predicted molar refractivity (Wildman–Crippen MR) is 73.9 cm³/mol. The molecule has 0 bridgehead atoms. The van der Waals surface area contributed by atoms with Gasteiger partial charge in [0.15, 0.2) is 0 Å². The van der Waals surface area contributed by atoms with Crippen molar-refractivity contribution in [3.05, 3.63) is 42.5 Å². The number of H-pyrrole nitrogens is 1. The van der Waals surface area contributed by atoms with Gasteiger partial charge >= 0.3 is 0 Å². The van der Waals surface area contributed by atoms with Gasteiger partial charge in [0.25, 0.3) is 0 Å². The zero-order chi connectivity index (χ0) is 13.1. The Kier molecular flexibility index (Phi) is 3.18. The topological polar surface area (TPSA) is 61.0 Å². The second kappa shape index (κ2) is 5.14. The maximum absolute atomic E-state index is 11.6. The Balaban J connectivity index is 1.64. The molecular formula is C14H16N4O. The molecule has 1 saturated heterocycles. The van der Waals surface area contributed by atoms with Gasteiger partial charge in [-0.2, -0.15) is 0 Å². The molecule has 2 heterocycles. The molecule has 1 aromatic carbocycles. The quantitative estimate of drug-likeness (QED) is 0.881. The first-order valence-electron chi connectivity index (χ1n) is 6.45. The Morgan fingerprint density at radius 2 is 2.16 bits per heavy atom. The van der Waals surface area contributed by atoms with Crippen molar-refractivity contribution < 1.29 is 4.79 Å². The molecule has 0 spiro atoms. The van der Waals surface area contributed by atoms with Crippen LogP contribution in [0.4, 0.5) is 11.4 Å². The summed E-state index contributed by atoms with van der Waals surface area (Å²) in [4.78, 5) is 20.7. The highest BCUT2D eigenvalue weighted by atomic mass is 16.2. The Labute approximate surface area is 111 Å². The third-order valence-electron chi connectivity index (χ3n) is 3.27. The number of nitrogens with one attached hydrogen (secondary N) is 2. The lowest BCUT2D eigenvalue weighted by Crippen LogP contribution is -2.23. The number of anilines is 2. The molecule has 1 aliphatic rings. The standard InChI is InChI=1S/C14H16N4O/c19-14-2-1-9-18(14)12-5-3-11(4-6-12)17-10-13-15-7-8-16-13/h3-8,17H,1-2,9-10H2,(H,15,16). The summed E-state index contributed by atoms with van der Waals surface area (Å²) in [5, 5.41) is 3.28.